The monoisotopic (exact) mass is 344 g/mol. The van der Waals surface area contributed by atoms with E-state index in [1.54, 1.807) is 17.0 Å². The molecule has 1 amide bonds. The molecule has 1 saturated heterocycles. The van der Waals surface area contributed by atoms with Gasteiger partial charge >= 0.3 is 0 Å². The van der Waals surface area contributed by atoms with Crippen molar-refractivity contribution in [2.45, 2.75) is 32.4 Å². The van der Waals surface area contributed by atoms with Crippen LogP contribution >= 0.6 is 0 Å². The predicted octanol–water partition coefficient (Wildman–Crippen LogP) is 0.902. The molecular formula is C19H24N2O4. The number of carbonyl (C=O) groups is 1. The molecule has 1 aromatic carbocycles. The highest BCUT2D eigenvalue weighted by molar-refractivity contribution is 5.82. The van der Waals surface area contributed by atoms with Gasteiger partial charge in [0.1, 0.15) is 6.54 Å². The summed E-state index contributed by atoms with van der Waals surface area (Å²) in [5.74, 6) is 0.0536. The number of likely N-dealkylation sites (tertiary alicyclic amines) is 1. The Balaban J connectivity index is 1.76. The maximum Gasteiger partial charge on any atom is 0.242 e. The fourth-order valence-electron chi connectivity index (χ4n) is 3.58. The number of aromatic nitrogens is 1. The summed E-state index contributed by atoms with van der Waals surface area (Å²) in [7, 11) is 0. The number of nitrogens with zero attached hydrogens (tertiary/aromatic N) is 2. The van der Waals surface area contributed by atoms with Crippen molar-refractivity contribution in [3.05, 3.63) is 46.2 Å². The Kier molecular flexibility index (Phi) is 5.20. The molecule has 1 aliphatic heterocycles. The molecular weight excluding hydrogens is 320 g/mol. The van der Waals surface area contributed by atoms with Gasteiger partial charge in [0.15, 0.2) is 5.43 Å². The summed E-state index contributed by atoms with van der Waals surface area (Å²) in [6.07, 6.45) is 0.678. The molecule has 1 fully saturated rings. The minimum absolute atomic E-state index is 0.00819. The number of benzene rings is 1. The third-order valence-corrected chi connectivity index (χ3v) is 5.14. The summed E-state index contributed by atoms with van der Waals surface area (Å²) >= 11 is 0. The average Bonchev–Trinajstić information content (AvgIpc) is 2.64. The van der Waals surface area contributed by atoms with Crippen LogP contribution in [0.4, 0.5) is 0 Å². The van der Waals surface area contributed by atoms with Crippen molar-refractivity contribution < 1.29 is 15.0 Å². The molecule has 1 atom stereocenters. The Bertz CT molecular complexity index is 822. The molecule has 25 heavy (non-hydrogen) atoms. The zero-order valence-electron chi connectivity index (χ0n) is 14.4. The second-order valence-corrected chi connectivity index (χ2v) is 6.72. The van der Waals surface area contributed by atoms with Crippen LogP contribution in [0.5, 0.6) is 0 Å². The first-order valence-electron chi connectivity index (χ1n) is 8.67. The summed E-state index contributed by atoms with van der Waals surface area (Å²) in [6.45, 7) is 2.96. The van der Waals surface area contributed by atoms with Crippen LogP contribution in [-0.2, 0) is 11.3 Å². The quantitative estimate of drug-likeness (QED) is 0.863. The summed E-state index contributed by atoms with van der Waals surface area (Å²) in [4.78, 5) is 26.6. The summed E-state index contributed by atoms with van der Waals surface area (Å²) in [5.41, 5.74) is 1.50. The molecule has 1 unspecified atom stereocenters. The Morgan fingerprint density at radius 2 is 1.96 bits per heavy atom. The Hall–Kier alpha value is -2.18. The van der Waals surface area contributed by atoms with Crippen molar-refractivity contribution in [2.24, 2.45) is 5.92 Å². The number of aliphatic hydroxyl groups is 2. The molecule has 0 spiro atoms. The van der Waals surface area contributed by atoms with E-state index in [0.29, 0.717) is 31.3 Å². The lowest BCUT2D eigenvalue weighted by molar-refractivity contribution is -0.134. The minimum Gasteiger partial charge on any atom is -0.394 e. The number of carbonyl (C=O) groups excluding carboxylic acids is 1. The molecule has 1 aliphatic rings. The number of aliphatic hydroxyl groups excluding tert-OH is 2. The smallest absolute Gasteiger partial charge is 0.242 e. The molecule has 6 nitrogen and oxygen atoms in total. The van der Waals surface area contributed by atoms with Crippen molar-refractivity contribution in [1.82, 2.24) is 9.47 Å². The summed E-state index contributed by atoms with van der Waals surface area (Å²) in [5, 5.41) is 19.4. The van der Waals surface area contributed by atoms with Crippen molar-refractivity contribution in [3.8, 4) is 0 Å². The van der Waals surface area contributed by atoms with Crippen LogP contribution < -0.4 is 5.43 Å². The summed E-state index contributed by atoms with van der Waals surface area (Å²) in [6, 6.07) is 8.90. The second-order valence-electron chi connectivity index (χ2n) is 6.72. The molecule has 0 saturated carbocycles. The van der Waals surface area contributed by atoms with Gasteiger partial charge < -0.3 is 19.7 Å². The van der Waals surface area contributed by atoms with E-state index in [0.717, 1.165) is 11.2 Å². The minimum atomic E-state index is -0.706. The van der Waals surface area contributed by atoms with Crippen LogP contribution in [0.15, 0.2) is 35.1 Å². The van der Waals surface area contributed by atoms with Gasteiger partial charge in [0.2, 0.25) is 5.91 Å². The van der Waals surface area contributed by atoms with Gasteiger partial charge in [-0.25, -0.2) is 0 Å². The van der Waals surface area contributed by atoms with E-state index < -0.39 is 6.10 Å². The largest absolute Gasteiger partial charge is 0.394 e. The van der Waals surface area contributed by atoms with Crippen LogP contribution in [-0.4, -0.2) is 51.4 Å². The van der Waals surface area contributed by atoms with Crippen molar-refractivity contribution in [3.63, 3.8) is 0 Å². The number of rotatable bonds is 4. The van der Waals surface area contributed by atoms with Crippen LogP contribution in [0.3, 0.4) is 0 Å². The fourth-order valence-corrected chi connectivity index (χ4v) is 3.58. The zero-order valence-corrected chi connectivity index (χ0v) is 14.4. The normalized spacial score (nSPS) is 17.0. The Morgan fingerprint density at radius 3 is 2.64 bits per heavy atom. The molecule has 3 rings (SSSR count). The van der Waals surface area contributed by atoms with Gasteiger partial charge in [0, 0.05) is 30.2 Å². The van der Waals surface area contributed by atoms with E-state index in [4.69, 9.17) is 5.11 Å². The maximum atomic E-state index is 12.7. The maximum absolute atomic E-state index is 12.7. The van der Waals surface area contributed by atoms with E-state index >= 15 is 0 Å². The molecule has 0 aliphatic carbocycles. The fraction of sp³-hybridized carbons (Fsp3) is 0.474. The van der Waals surface area contributed by atoms with Gasteiger partial charge in [0.25, 0.3) is 0 Å². The zero-order chi connectivity index (χ0) is 18.0. The van der Waals surface area contributed by atoms with Gasteiger partial charge in [-0.1, -0.05) is 12.1 Å². The summed E-state index contributed by atoms with van der Waals surface area (Å²) < 4.78 is 1.88. The molecule has 134 valence electrons. The average molecular weight is 344 g/mol. The van der Waals surface area contributed by atoms with Gasteiger partial charge in [-0.3, -0.25) is 9.59 Å². The molecule has 0 bridgehead atoms. The van der Waals surface area contributed by atoms with Gasteiger partial charge in [-0.2, -0.15) is 0 Å². The topological polar surface area (TPSA) is 82.8 Å². The van der Waals surface area contributed by atoms with E-state index in [2.05, 4.69) is 0 Å². The first-order valence-corrected chi connectivity index (χ1v) is 8.67. The number of pyridine rings is 1. The number of fused-ring (bicyclic) bond motifs is 1. The first kappa shape index (κ1) is 17.6. The molecule has 2 heterocycles. The Morgan fingerprint density at radius 1 is 1.28 bits per heavy atom. The number of hydrogen-bond acceptors (Lipinski definition) is 4. The standard InChI is InChI=1S/C19H24N2O4/c1-13-10-17(23)15-4-2-3-5-16(15)21(13)11-19(25)20-8-6-14(7-9-20)18(24)12-22/h2-5,10,14,18,22,24H,6-9,11-12H2,1H3. The third kappa shape index (κ3) is 3.60. The highest BCUT2D eigenvalue weighted by Crippen LogP contribution is 2.21. The lowest BCUT2D eigenvalue weighted by atomic mass is 9.91. The molecule has 0 radical (unpaired) electrons. The predicted molar refractivity (Wildman–Crippen MR) is 95.3 cm³/mol. The number of piperidine rings is 1. The SMILES string of the molecule is Cc1cc(=O)c2ccccc2n1CC(=O)N1CCC(C(O)CO)CC1. The van der Waals surface area contributed by atoms with E-state index in [9.17, 15) is 14.7 Å². The van der Waals surface area contributed by atoms with Crippen LogP contribution in [0.1, 0.15) is 18.5 Å². The molecule has 2 N–H and O–H groups in total. The van der Waals surface area contributed by atoms with Crippen molar-refractivity contribution in [2.75, 3.05) is 19.7 Å². The lowest BCUT2D eigenvalue weighted by Crippen LogP contribution is -2.43. The van der Waals surface area contributed by atoms with Crippen molar-refractivity contribution >= 4 is 16.8 Å². The highest BCUT2D eigenvalue weighted by Gasteiger charge is 2.27. The highest BCUT2D eigenvalue weighted by atomic mass is 16.3. The van der Waals surface area contributed by atoms with Crippen LogP contribution in [0.2, 0.25) is 0 Å². The van der Waals surface area contributed by atoms with Gasteiger partial charge in [-0.15, -0.1) is 0 Å². The van der Waals surface area contributed by atoms with Gasteiger partial charge in [-0.05, 0) is 37.8 Å². The molecule has 6 heteroatoms. The number of hydrogen-bond donors (Lipinski definition) is 2. The number of amides is 1. The third-order valence-electron chi connectivity index (χ3n) is 5.14. The number of aryl methyl sites for hydroxylation is 1. The van der Waals surface area contributed by atoms with Crippen LogP contribution in [0.25, 0.3) is 10.9 Å². The van der Waals surface area contributed by atoms with Crippen molar-refractivity contribution in [1.29, 1.82) is 0 Å². The van der Waals surface area contributed by atoms with Gasteiger partial charge in [0.05, 0.1) is 18.2 Å². The first-order chi connectivity index (χ1) is 12.0. The van der Waals surface area contributed by atoms with E-state index in [1.165, 1.54) is 0 Å². The second kappa shape index (κ2) is 7.37. The molecule has 1 aromatic heterocycles. The Labute approximate surface area is 146 Å². The lowest BCUT2D eigenvalue weighted by Gasteiger charge is -2.34. The van der Waals surface area contributed by atoms with E-state index in [-0.39, 0.29) is 30.4 Å². The van der Waals surface area contributed by atoms with Crippen LogP contribution in [0, 0.1) is 12.8 Å². The van der Waals surface area contributed by atoms with E-state index in [1.807, 2.05) is 29.7 Å². The number of para-hydroxylation sites is 1. The molecule has 2 aromatic rings.